The number of benzene rings is 1. The minimum absolute atomic E-state index is 0.0138. The van der Waals surface area contributed by atoms with E-state index in [0.717, 1.165) is 17.9 Å². The largest absolute Gasteiger partial charge is 0.486 e. The number of rotatable bonds is 6. The van der Waals surface area contributed by atoms with Crippen molar-refractivity contribution in [1.82, 2.24) is 5.16 Å². The lowest BCUT2D eigenvalue weighted by molar-refractivity contribution is -0.112. The molecule has 0 saturated carbocycles. The summed E-state index contributed by atoms with van der Waals surface area (Å²) in [6.07, 6.45) is 1.40. The molecule has 0 spiro atoms. The third kappa shape index (κ3) is 4.31. The lowest BCUT2D eigenvalue weighted by Gasteiger charge is -2.32. The highest BCUT2D eigenvalue weighted by molar-refractivity contribution is 5.21. The molecule has 6 nitrogen and oxygen atoms in total. The molecule has 0 aliphatic carbocycles. The van der Waals surface area contributed by atoms with E-state index < -0.39 is 6.10 Å². The van der Waals surface area contributed by atoms with Gasteiger partial charge >= 0.3 is 0 Å². The van der Waals surface area contributed by atoms with Crippen LogP contribution < -0.4 is 10.5 Å². The van der Waals surface area contributed by atoms with Crippen molar-refractivity contribution in [2.75, 3.05) is 6.54 Å². The Morgan fingerprint density at radius 2 is 2.09 bits per heavy atom. The average Bonchev–Trinajstić information content (AvgIpc) is 3.03. The summed E-state index contributed by atoms with van der Waals surface area (Å²) in [6, 6.07) is 11.5. The van der Waals surface area contributed by atoms with E-state index in [4.69, 9.17) is 19.7 Å². The highest BCUT2D eigenvalue weighted by atomic mass is 16.5. The summed E-state index contributed by atoms with van der Waals surface area (Å²) in [5.74, 6) is 1.47. The highest BCUT2D eigenvalue weighted by Crippen LogP contribution is 2.22. The fraction of sp³-hybridized carbons (Fsp3) is 0.471. The Morgan fingerprint density at radius 3 is 2.87 bits per heavy atom. The molecule has 1 aliphatic heterocycles. The number of aliphatic hydroxyl groups is 1. The molecule has 124 valence electrons. The molecule has 1 aromatic carbocycles. The lowest BCUT2D eigenvalue weighted by Crippen LogP contribution is -2.44. The van der Waals surface area contributed by atoms with Gasteiger partial charge < -0.3 is 24.8 Å². The molecule has 2 aromatic rings. The quantitative estimate of drug-likeness (QED) is 0.842. The van der Waals surface area contributed by atoms with Gasteiger partial charge in [0, 0.05) is 19.0 Å². The van der Waals surface area contributed by atoms with Crippen molar-refractivity contribution in [2.24, 2.45) is 5.73 Å². The third-order valence-corrected chi connectivity index (χ3v) is 3.98. The third-order valence-electron chi connectivity index (χ3n) is 3.98. The Balaban J connectivity index is 1.51. The second-order valence-electron chi connectivity index (χ2n) is 5.77. The summed E-state index contributed by atoms with van der Waals surface area (Å²) < 4.78 is 16.7. The SMILES string of the molecule is NC[C@H]1O[C@H](Cc2cc(COc3ccccc3)on2)CC[C@@H]1O. The van der Waals surface area contributed by atoms with Crippen LogP contribution in [0.1, 0.15) is 24.3 Å². The molecule has 1 fully saturated rings. The molecule has 23 heavy (non-hydrogen) atoms. The molecule has 1 aromatic heterocycles. The van der Waals surface area contributed by atoms with Gasteiger partial charge in [-0.2, -0.15) is 0 Å². The molecule has 1 saturated heterocycles. The van der Waals surface area contributed by atoms with Gasteiger partial charge in [-0.1, -0.05) is 23.4 Å². The van der Waals surface area contributed by atoms with E-state index in [1.807, 2.05) is 36.4 Å². The molecule has 1 aliphatic rings. The van der Waals surface area contributed by atoms with E-state index in [0.29, 0.717) is 31.8 Å². The summed E-state index contributed by atoms with van der Waals surface area (Å²) in [7, 11) is 0. The van der Waals surface area contributed by atoms with E-state index in [1.165, 1.54) is 0 Å². The van der Waals surface area contributed by atoms with Gasteiger partial charge in [-0.15, -0.1) is 0 Å². The maximum Gasteiger partial charge on any atom is 0.174 e. The molecule has 0 amide bonds. The molecule has 6 heteroatoms. The molecule has 0 unspecified atom stereocenters. The molecule has 2 heterocycles. The molecular formula is C17H22N2O4. The summed E-state index contributed by atoms with van der Waals surface area (Å²) in [5, 5.41) is 13.8. The van der Waals surface area contributed by atoms with Crippen molar-refractivity contribution in [3.63, 3.8) is 0 Å². The van der Waals surface area contributed by atoms with E-state index >= 15 is 0 Å². The zero-order valence-corrected chi connectivity index (χ0v) is 12.9. The van der Waals surface area contributed by atoms with Gasteiger partial charge in [0.15, 0.2) is 5.76 Å². The first-order valence-corrected chi connectivity index (χ1v) is 7.90. The van der Waals surface area contributed by atoms with Crippen LogP contribution in [-0.4, -0.2) is 35.1 Å². The molecule has 0 bridgehead atoms. The predicted octanol–water partition coefficient (Wildman–Crippen LogP) is 1.66. The van der Waals surface area contributed by atoms with E-state index in [2.05, 4.69) is 5.16 Å². The fourth-order valence-electron chi connectivity index (χ4n) is 2.74. The summed E-state index contributed by atoms with van der Waals surface area (Å²) in [4.78, 5) is 0. The molecule has 0 radical (unpaired) electrons. The Morgan fingerprint density at radius 1 is 1.26 bits per heavy atom. The average molecular weight is 318 g/mol. The van der Waals surface area contributed by atoms with Crippen LogP contribution in [0, 0.1) is 0 Å². The van der Waals surface area contributed by atoms with Crippen molar-refractivity contribution < 1.29 is 19.1 Å². The van der Waals surface area contributed by atoms with Crippen LogP contribution in [0.15, 0.2) is 40.9 Å². The van der Waals surface area contributed by atoms with Crippen LogP contribution in [0.3, 0.4) is 0 Å². The van der Waals surface area contributed by atoms with Crippen molar-refractivity contribution in [3.05, 3.63) is 47.9 Å². The van der Waals surface area contributed by atoms with Crippen LogP contribution in [0.5, 0.6) is 5.75 Å². The number of para-hydroxylation sites is 1. The number of hydrogen-bond acceptors (Lipinski definition) is 6. The predicted molar refractivity (Wildman–Crippen MR) is 83.9 cm³/mol. The van der Waals surface area contributed by atoms with Gasteiger partial charge in [0.1, 0.15) is 12.4 Å². The van der Waals surface area contributed by atoms with Gasteiger partial charge in [-0.3, -0.25) is 0 Å². The first-order chi connectivity index (χ1) is 11.2. The number of nitrogens with two attached hydrogens (primary N) is 1. The van der Waals surface area contributed by atoms with Gasteiger partial charge in [0.05, 0.1) is 24.0 Å². The first kappa shape index (κ1) is 16.0. The molecule has 3 atom stereocenters. The summed E-state index contributed by atoms with van der Waals surface area (Å²) in [5.41, 5.74) is 6.44. The van der Waals surface area contributed by atoms with E-state index in [-0.39, 0.29) is 12.2 Å². The van der Waals surface area contributed by atoms with Gasteiger partial charge in [-0.25, -0.2) is 0 Å². The maximum atomic E-state index is 9.78. The topological polar surface area (TPSA) is 90.7 Å². The second kappa shape index (κ2) is 7.59. The Kier molecular flexibility index (Phi) is 5.27. The highest BCUT2D eigenvalue weighted by Gasteiger charge is 2.29. The smallest absolute Gasteiger partial charge is 0.174 e. The van der Waals surface area contributed by atoms with Crippen molar-refractivity contribution in [1.29, 1.82) is 0 Å². The van der Waals surface area contributed by atoms with Crippen LogP contribution in [0.4, 0.5) is 0 Å². The number of nitrogens with zero attached hydrogens (tertiary/aromatic N) is 1. The maximum absolute atomic E-state index is 9.78. The monoisotopic (exact) mass is 318 g/mol. The fourth-order valence-corrected chi connectivity index (χ4v) is 2.74. The van der Waals surface area contributed by atoms with Gasteiger partial charge in [-0.05, 0) is 25.0 Å². The van der Waals surface area contributed by atoms with Crippen LogP contribution in [0.2, 0.25) is 0 Å². The number of ether oxygens (including phenoxy) is 2. The van der Waals surface area contributed by atoms with Crippen LogP contribution in [-0.2, 0) is 17.8 Å². The van der Waals surface area contributed by atoms with Crippen molar-refractivity contribution in [3.8, 4) is 5.75 Å². The van der Waals surface area contributed by atoms with Gasteiger partial charge in [0.25, 0.3) is 0 Å². The Hall–Kier alpha value is -1.89. The first-order valence-electron chi connectivity index (χ1n) is 7.90. The van der Waals surface area contributed by atoms with Crippen LogP contribution in [0.25, 0.3) is 0 Å². The normalized spacial score (nSPS) is 24.5. The summed E-state index contributed by atoms with van der Waals surface area (Å²) in [6.45, 7) is 0.666. The van der Waals surface area contributed by atoms with Crippen molar-refractivity contribution >= 4 is 0 Å². The number of aromatic nitrogens is 1. The molecule has 3 N–H and O–H groups in total. The molecule has 3 rings (SSSR count). The lowest BCUT2D eigenvalue weighted by atomic mass is 9.98. The molecular weight excluding hydrogens is 296 g/mol. The number of aliphatic hydroxyl groups excluding tert-OH is 1. The zero-order valence-electron chi connectivity index (χ0n) is 12.9. The zero-order chi connectivity index (χ0) is 16.1. The number of hydrogen-bond donors (Lipinski definition) is 2. The van der Waals surface area contributed by atoms with Gasteiger partial charge in [0.2, 0.25) is 0 Å². The Labute approximate surface area is 135 Å². The van der Waals surface area contributed by atoms with Crippen LogP contribution >= 0.6 is 0 Å². The second-order valence-corrected chi connectivity index (χ2v) is 5.77. The standard InChI is InChI=1S/C17H22N2O4/c18-10-17-16(20)7-6-14(22-17)8-12-9-15(23-19-12)11-21-13-4-2-1-3-5-13/h1-5,9,14,16-17,20H,6-8,10-11,18H2/t14-,16-,17+/m0/s1. The summed E-state index contributed by atoms with van der Waals surface area (Å²) >= 11 is 0. The Bertz CT molecular complexity index is 602. The minimum Gasteiger partial charge on any atom is -0.486 e. The van der Waals surface area contributed by atoms with Crippen molar-refractivity contribution in [2.45, 2.75) is 44.2 Å². The minimum atomic E-state index is -0.469. The van der Waals surface area contributed by atoms with E-state index in [1.54, 1.807) is 0 Å². The van der Waals surface area contributed by atoms with E-state index in [9.17, 15) is 5.11 Å².